The molecule has 1 aliphatic rings. The van der Waals surface area contributed by atoms with Gasteiger partial charge in [-0.3, -0.25) is 14.8 Å². The first-order valence-corrected chi connectivity index (χ1v) is 8.55. The molecule has 146 valence electrons. The molecule has 0 N–H and O–H groups in total. The van der Waals surface area contributed by atoms with Gasteiger partial charge in [-0.1, -0.05) is 24.3 Å². The lowest BCUT2D eigenvalue weighted by atomic mass is 10.1. The van der Waals surface area contributed by atoms with Crippen molar-refractivity contribution in [3.05, 3.63) is 54.2 Å². The summed E-state index contributed by atoms with van der Waals surface area (Å²) < 4.78 is 39.1. The van der Waals surface area contributed by atoms with Crippen LogP contribution in [0.25, 0.3) is 10.8 Å². The van der Waals surface area contributed by atoms with Gasteiger partial charge >= 0.3 is 12.2 Å². The highest BCUT2D eigenvalue weighted by Gasteiger charge is 2.42. The van der Waals surface area contributed by atoms with Gasteiger partial charge in [-0.25, -0.2) is 14.8 Å². The van der Waals surface area contributed by atoms with Crippen LogP contribution in [0.4, 0.5) is 29.5 Å². The Balaban J connectivity index is 1.81. The summed E-state index contributed by atoms with van der Waals surface area (Å²) in [4.78, 5) is 26.5. The summed E-state index contributed by atoms with van der Waals surface area (Å²) in [5.74, 6) is -1.52. The third-order valence-electron chi connectivity index (χ3n) is 4.61. The number of fused-ring (bicyclic) bond motifs is 1. The van der Waals surface area contributed by atoms with Gasteiger partial charge in [0, 0.05) is 28.7 Å². The molecule has 0 saturated carbocycles. The summed E-state index contributed by atoms with van der Waals surface area (Å²) in [6.45, 7) is 1.37. The van der Waals surface area contributed by atoms with E-state index in [0.717, 1.165) is 16.5 Å². The van der Waals surface area contributed by atoms with Crippen molar-refractivity contribution in [2.75, 3.05) is 16.3 Å². The standard InChI is InChI=1S/C19H13F3N6O/c1-11-7-25-17(19(20,21)22)26-16(11)27-10-13(6-23)28(18(27)29)15-9-24-8-12-4-2-3-5-14(12)15/h2-5,7-9,13H,10H2,1H3/t13-/m0/s1. The zero-order chi connectivity index (χ0) is 20.8. The van der Waals surface area contributed by atoms with Gasteiger partial charge in [0.1, 0.15) is 11.9 Å². The van der Waals surface area contributed by atoms with Crippen LogP contribution in [-0.2, 0) is 6.18 Å². The number of anilines is 2. The molecule has 1 saturated heterocycles. The molecule has 0 aliphatic carbocycles. The first-order valence-electron chi connectivity index (χ1n) is 8.55. The molecule has 7 nitrogen and oxygen atoms in total. The lowest BCUT2D eigenvalue weighted by molar-refractivity contribution is -0.144. The zero-order valence-corrected chi connectivity index (χ0v) is 15.1. The van der Waals surface area contributed by atoms with Crippen molar-refractivity contribution < 1.29 is 18.0 Å². The molecule has 2 amide bonds. The van der Waals surface area contributed by atoms with Crippen LogP contribution >= 0.6 is 0 Å². The molecule has 0 spiro atoms. The number of halogens is 3. The molecule has 3 aromatic rings. The van der Waals surface area contributed by atoms with Crippen molar-refractivity contribution in [2.24, 2.45) is 0 Å². The van der Waals surface area contributed by atoms with Gasteiger partial charge in [-0.05, 0) is 6.92 Å². The monoisotopic (exact) mass is 398 g/mol. The third kappa shape index (κ3) is 3.10. The summed E-state index contributed by atoms with van der Waals surface area (Å²) in [7, 11) is 0. The fourth-order valence-corrected chi connectivity index (χ4v) is 3.28. The van der Waals surface area contributed by atoms with E-state index in [2.05, 4.69) is 15.0 Å². The molecule has 0 radical (unpaired) electrons. The lowest BCUT2D eigenvalue weighted by Gasteiger charge is -2.21. The number of aryl methyl sites for hydroxylation is 1. The van der Waals surface area contributed by atoms with Gasteiger partial charge in [0.25, 0.3) is 0 Å². The second-order valence-electron chi connectivity index (χ2n) is 6.49. The predicted molar refractivity (Wildman–Crippen MR) is 98.1 cm³/mol. The van der Waals surface area contributed by atoms with Crippen LogP contribution in [0.3, 0.4) is 0 Å². The number of pyridine rings is 1. The molecule has 3 heterocycles. The van der Waals surface area contributed by atoms with Crippen molar-refractivity contribution in [1.29, 1.82) is 5.26 Å². The molecule has 29 heavy (non-hydrogen) atoms. The summed E-state index contributed by atoms with van der Waals surface area (Å²) in [5, 5.41) is 11.1. The Hall–Kier alpha value is -3.74. The van der Waals surface area contributed by atoms with Crippen molar-refractivity contribution in [3.8, 4) is 6.07 Å². The molecular weight excluding hydrogens is 385 g/mol. The zero-order valence-electron chi connectivity index (χ0n) is 15.1. The maximum Gasteiger partial charge on any atom is 0.451 e. The number of alkyl halides is 3. The van der Waals surface area contributed by atoms with Crippen LogP contribution in [0.1, 0.15) is 11.4 Å². The Morgan fingerprint density at radius 2 is 1.97 bits per heavy atom. The van der Waals surface area contributed by atoms with Gasteiger partial charge < -0.3 is 0 Å². The predicted octanol–water partition coefficient (Wildman–Crippen LogP) is 3.69. The van der Waals surface area contributed by atoms with Crippen molar-refractivity contribution in [1.82, 2.24) is 15.0 Å². The van der Waals surface area contributed by atoms with Crippen molar-refractivity contribution >= 4 is 28.3 Å². The number of hydrogen-bond donors (Lipinski definition) is 0. The molecule has 0 unspecified atom stereocenters. The van der Waals surface area contributed by atoms with Gasteiger partial charge in [-0.2, -0.15) is 18.4 Å². The van der Waals surface area contributed by atoms with Crippen LogP contribution in [0.2, 0.25) is 0 Å². The molecule has 1 fully saturated rings. The van der Waals surface area contributed by atoms with Crippen molar-refractivity contribution in [3.63, 3.8) is 0 Å². The van der Waals surface area contributed by atoms with Crippen LogP contribution in [0.15, 0.2) is 42.9 Å². The number of hydrogen-bond acceptors (Lipinski definition) is 5. The summed E-state index contributed by atoms with van der Waals surface area (Å²) in [5.41, 5.74) is 0.700. The average molecular weight is 398 g/mol. The van der Waals surface area contributed by atoms with E-state index in [1.807, 2.05) is 18.2 Å². The normalized spacial score (nSPS) is 17.1. The molecule has 10 heteroatoms. The summed E-state index contributed by atoms with van der Waals surface area (Å²) >= 11 is 0. The summed E-state index contributed by atoms with van der Waals surface area (Å²) in [6.07, 6.45) is -0.647. The van der Waals surface area contributed by atoms with Crippen LogP contribution < -0.4 is 9.80 Å². The maximum absolute atomic E-state index is 13.2. The minimum atomic E-state index is -4.75. The highest BCUT2D eigenvalue weighted by atomic mass is 19.4. The highest BCUT2D eigenvalue weighted by molar-refractivity contribution is 6.11. The second-order valence-corrected chi connectivity index (χ2v) is 6.49. The smallest absolute Gasteiger partial charge is 0.275 e. The SMILES string of the molecule is Cc1cnc(C(F)(F)F)nc1N1C[C@H](C#N)N(c2cncc3ccccc23)C1=O. The van der Waals surface area contributed by atoms with E-state index in [1.165, 1.54) is 18.0 Å². The Bertz CT molecular complexity index is 1150. The summed E-state index contributed by atoms with van der Waals surface area (Å²) in [6, 6.07) is 7.68. The first kappa shape index (κ1) is 18.6. The van der Waals surface area contributed by atoms with Crippen molar-refractivity contribution in [2.45, 2.75) is 19.1 Å². The highest BCUT2D eigenvalue weighted by Crippen LogP contribution is 2.34. The van der Waals surface area contributed by atoms with E-state index in [4.69, 9.17) is 0 Å². The minimum absolute atomic E-state index is 0.131. The van der Waals surface area contributed by atoms with Crippen LogP contribution in [0.5, 0.6) is 0 Å². The van der Waals surface area contributed by atoms with Gasteiger partial charge in [0.15, 0.2) is 0 Å². The minimum Gasteiger partial charge on any atom is -0.275 e. The van der Waals surface area contributed by atoms with Gasteiger partial charge in [0.05, 0.1) is 24.5 Å². The number of aromatic nitrogens is 3. The van der Waals surface area contributed by atoms with E-state index in [0.29, 0.717) is 16.6 Å². The number of rotatable bonds is 2. The second kappa shape index (κ2) is 6.70. The largest absolute Gasteiger partial charge is 0.451 e. The molecule has 2 aromatic heterocycles. The number of carbonyl (C=O) groups is 1. The van der Waals surface area contributed by atoms with Crippen LogP contribution in [-0.4, -0.2) is 33.6 Å². The molecule has 1 aliphatic heterocycles. The number of nitrogens with zero attached hydrogens (tertiary/aromatic N) is 6. The lowest BCUT2D eigenvalue weighted by Crippen LogP contribution is -2.35. The van der Waals surface area contributed by atoms with Gasteiger partial charge in [-0.15, -0.1) is 0 Å². The number of amides is 2. The van der Waals surface area contributed by atoms with E-state index in [9.17, 15) is 23.2 Å². The maximum atomic E-state index is 13.2. The Kier molecular flexibility index (Phi) is 4.30. The Morgan fingerprint density at radius 1 is 1.21 bits per heavy atom. The number of carbonyl (C=O) groups excluding carboxylic acids is 1. The Morgan fingerprint density at radius 3 is 2.69 bits per heavy atom. The van der Waals surface area contributed by atoms with E-state index in [1.54, 1.807) is 18.3 Å². The molecule has 1 atom stereocenters. The first-order chi connectivity index (χ1) is 13.8. The van der Waals surface area contributed by atoms with Crippen LogP contribution in [0, 0.1) is 18.3 Å². The fourth-order valence-electron chi connectivity index (χ4n) is 3.28. The quantitative estimate of drug-likeness (QED) is 0.657. The van der Waals surface area contributed by atoms with E-state index in [-0.39, 0.29) is 12.4 Å². The molecule has 1 aromatic carbocycles. The average Bonchev–Trinajstić information content (AvgIpc) is 3.03. The fraction of sp³-hybridized carbons (Fsp3) is 0.211. The van der Waals surface area contributed by atoms with E-state index >= 15 is 0 Å². The van der Waals surface area contributed by atoms with Gasteiger partial charge in [0.2, 0.25) is 5.82 Å². The van der Waals surface area contributed by atoms with E-state index < -0.39 is 24.1 Å². The number of urea groups is 1. The Labute approximate surface area is 163 Å². The molecule has 4 rings (SSSR count). The third-order valence-corrected chi connectivity index (χ3v) is 4.61. The number of benzene rings is 1. The topological polar surface area (TPSA) is 86.0 Å². The molecule has 0 bridgehead atoms. The molecular formula is C19H13F3N6O. The number of nitriles is 1.